The molecular weight excluding hydrogens is 233 g/mol. The highest BCUT2D eigenvalue weighted by atomic mass is 19.4. The van der Waals surface area contributed by atoms with Crippen molar-refractivity contribution in [3.63, 3.8) is 0 Å². The van der Waals surface area contributed by atoms with E-state index in [1.807, 2.05) is 0 Å². The maximum Gasteiger partial charge on any atom is 0.411 e. The number of rotatable bonds is 7. The van der Waals surface area contributed by atoms with Crippen molar-refractivity contribution >= 4 is 0 Å². The van der Waals surface area contributed by atoms with E-state index in [4.69, 9.17) is 0 Å². The zero-order valence-electron chi connectivity index (χ0n) is 10.2. The van der Waals surface area contributed by atoms with Gasteiger partial charge in [0.15, 0.2) is 0 Å². The van der Waals surface area contributed by atoms with Crippen LogP contribution in [0.5, 0.6) is 0 Å². The molecule has 0 radical (unpaired) electrons. The van der Waals surface area contributed by atoms with Gasteiger partial charge in [0.2, 0.25) is 0 Å². The number of likely N-dealkylation sites (tertiary alicyclic amines) is 1. The molecule has 0 amide bonds. The van der Waals surface area contributed by atoms with Gasteiger partial charge in [-0.05, 0) is 32.0 Å². The summed E-state index contributed by atoms with van der Waals surface area (Å²) in [5, 5.41) is 3.29. The van der Waals surface area contributed by atoms with Gasteiger partial charge in [0.25, 0.3) is 0 Å². The van der Waals surface area contributed by atoms with E-state index >= 15 is 0 Å². The fourth-order valence-corrected chi connectivity index (χ4v) is 2.01. The first-order chi connectivity index (χ1) is 8.01. The smallest absolute Gasteiger partial charge is 0.371 e. The molecule has 3 nitrogen and oxygen atoms in total. The van der Waals surface area contributed by atoms with Crippen LogP contribution in [0.2, 0.25) is 0 Å². The Kier molecular flexibility index (Phi) is 6.22. The Morgan fingerprint density at radius 1 is 1.41 bits per heavy atom. The molecule has 102 valence electrons. The van der Waals surface area contributed by atoms with Crippen LogP contribution < -0.4 is 5.32 Å². The predicted molar refractivity (Wildman–Crippen MR) is 60.0 cm³/mol. The van der Waals surface area contributed by atoms with Crippen LogP contribution in [0.3, 0.4) is 0 Å². The summed E-state index contributed by atoms with van der Waals surface area (Å²) in [6.07, 6.45) is -3.09. The molecule has 0 spiro atoms. The second-order valence-corrected chi connectivity index (χ2v) is 4.43. The van der Waals surface area contributed by atoms with E-state index in [9.17, 15) is 13.2 Å². The summed E-state index contributed by atoms with van der Waals surface area (Å²) in [5.74, 6) is 0.623. The maximum absolute atomic E-state index is 11.8. The first-order valence-electron chi connectivity index (χ1n) is 6.09. The van der Waals surface area contributed by atoms with Crippen molar-refractivity contribution in [1.29, 1.82) is 0 Å². The second kappa shape index (κ2) is 7.18. The van der Waals surface area contributed by atoms with Crippen LogP contribution in [-0.4, -0.2) is 57.0 Å². The Balaban J connectivity index is 2.02. The van der Waals surface area contributed by atoms with Crippen molar-refractivity contribution < 1.29 is 17.9 Å². The molecule has 6 heteroatoms. The van der Waals surface area contributed by atoms with Crippen molar-refractivity contribution in [2.24, 2.45) is 5.92 Å². The molecule has 1 aliphatic rings. The highest BCUT2D eigenvalue weighted by Gasteiger charge is 2.27. The lowest BCUT2D eigenvalue weighted by molar-refractivity contribution is -0.174. The van der Waals surface area contributed by atoms with Crippen LogP contribution in [-0.2, 0) is 4.74 Å². The Bertz CT molecular complexity index is 211. The van der Waals surface area contributed by atoms with Crippen LogP contribution in [0, 0.1) is 5.92 Å². The van der Waals surface area contributed by atoms with Gasteiger partial charge in [-0.15, -0.1) is 0 Å². The number of nitrogens with zero attached hydrogens (tertiary/aromatic N) is 1. The molecular formula is C11H21F3N2O. The van der Waals surface area contributed by atoms with Crippen LogP contribution >= 0.6 is 0 Å². The van der Waals surface area contributed by atoms with E-state index in [0.29, 0.717) is 12.5 Å². The largest absolute Gasteiger partial charge is 0.411 e. The van der Waals surface area contributed by atoms with E-state index in [0.717, 1.165) is 32.6 Å². The normalized spacial score (nSPS) is 22.2. The van der Waals surface area contributed by atoms with Crippen LogP contribution in [0.15, 0.2) is 0 Å². The van der Waals surface area contributed by atoms with Gasteiger partial charge in [-0.3, -0.25) is 0 Å². The monoisotopic (exact) mass is 254 g/mol. The lowest BCUT2D eigenvalue weighted by atomic mass is 10.1. The zero-order valence-corrected chi connectivity index (χ0v) is 10.2. The molecule has 0 saturated carbocycles. The van der Waals surface area contributed by atoms with Crippen LogP contribution in [0.25, 0.3) is 0 Å². The number of hydrogen-bond donors (Lipinski definition) is 1. The van der Waals surface area contributed by atoms with Crippen molar-refractivity contribution in [1.82, 2.24) is 10.2 Å². The number of hydrogen-bond acceptors (Lipinski definition) is 3. The molecule has 1 rings (SSSR count). The summed E-state index contributed by atoms with van der Waals surface area (Å²) in [6, 6.07) is 0. The third kappa shape index (κ3) is 6.85. The van der Waals surface area contributed by atoms with E-state index in [2.05, 4.69) is 21.9 Å². The minimum Gasteiger partial charge on any atom is -0.371 e. The Hall–Kier alpha value is -0.330. The number of alkyl halides is 3. The number of ether oxygens (including phenoxy) is 1. The minimum absolute atomic E-state index is 0.160. The highest BCUT2D eigenvalue weighted by molar-refractivity contribution is 4.76. The molecule has 1 saturated heterocycles. The summed E-state index contributed by atoms with van der Waals surface area (Å²) in [5.41, 5.74) is 0. The molecule has 0 aromatic heterocycles. The Labute approximate surface area is 100 Å². The fraction of sp³-hybridized carbons (Fsp3) is 1.00. The summed E-state index contributed by atoms with van der Waals surface area (Å²) in [6.45, 7) is 5.57. The van der Waals surface area contributed by atoms with Gasteiger partial charge in [-0.25, -0.2) is 0 Å². The molecule has 0 bridgehead atoms. The minimum atomic E-state index is -4.21. The van der Waals surface area contributed by atoms with Crippen LogP contribution in [0.1, 0.15) is 13.3 Å². The molecule has 1 unspecified atom stereocenters. The molecule has 0 aliphatic carbocycles. The molecule has 1 heterocycles. The van der Waals surface area contributed by atoms with Gasteiger partial charge < -0.3 is 15.0 Å². The van der Waals surface area contributed by atoms with E-state index in [-0.39, 0.29) is 6.61 Å². The molecule has 0 aromatic carbocycles. The van der Waals surface area contributed by atoms with E-state index in [1.54, 1.807) is 0 Å². The van der Waals surface area contributed by atoms with E-state index < -0.39 is 12.8 Å². The fourth-order valence-electron chi connectivity index (χ4n) is 2.01. The van der Waals surface area contributed by atoms with Crippen molar-refractivity contribution in [3.8, 4) is 0 Å². The van der Waals surface area contributed by atoms with Gasteiger partial charge in [-0.2, -0.15) is 13.2 Å². The molecule has 0 aromatic rings. The van der Waals surface area contributed by atoms with Crippen molar-refractivity contribution in [3.05, 3.63) is 0 Å². The SMILES string of the molecule is CCNCC1CCN(CCOCC(F)(F)F)C1. The van der Waals surface area contributed by atoms with Crippen molar-refractivity contribution in [2.45, 2.75) is 19.5 Å². The number of halogens is 3. The summed E-state index contributed by atoms with van der Waals surface area (Å²) < 4.78 is 40.0. The van der Waals surface area contributed by atoms with Gasteiger partial charge in [-0.1, -0.05) is 6.92 Å². The summed E-state index contributed by atoms with van der Waals surface area (Å²) in [4.78, 5) is 2.17. The quantitative estimate of drug-likeness (QED) is 0.697. The second-order valence-electron chi connectivity index (χ2n) is 4.43. The van der Waals surface area contributed by atoms with Gasteiger partial charge in [0.05, 0.1) is 6.61 Å². The first-order valence-corrected chi connectivity index (χ1v) is 6.09. The topological polar surface area (TPSA) is 24.5 Å². The van der Waals surface area contributed by atoms with Gasteiger partial charge in [0.1, 0.15) is 6.61 Å². The molecule has 1 N–H and O–H groups in total. The molecule has 17 heavy (non-hydrogen) atoms. The molecule has 1 atom stereocenters. The first kappa shape index (κ1) is 14.7. The Morgan fingerprint density at radius 3 is 2.82 bits per heavy atom. The summed E-state index contributed by atoms with van der Waals surface area (Å²) in [7, 11) is 0. The standard InChI is InChI=1S/C11H21F3N2O/c1-2-15-7-10-3-4-16(8-10)5-6-17-9-11(12,13)14/h10,15H,2-9H2,1H3. The number of nitrogens with one attached hydrogen (secondary N) is 1. The summed E-state index contributed by atoms with van der Waals surface area (Å²) >= 11 is 0. The Morgan fingerprint density at radius 2 is 2.18 bits per heavy atom. The lowest BCUT2D eigenvalue weighted by Gasteiger charge is -2.16. The third-order valence-electron chi connectivity index (χ3n) is 2.87. The van der Waals surface area contributed by atoms with Crippen molar-refractivity contribution in [2.75, 3.05) is 45.9 Å². The zero-order chi connectivity index (χ0) is 12.7. The average molecular weight is 254 g/mol. The highest BCUT2D eigenvalue weighted by Crippen LogP contribution is 2.16. The molecule has 1 aliphatic heterocycles. The average Bonchev–Trinajstić information content (AvgIpc) is 2.68. The molecule has 1 fully saturated rings. The maximum atomic E-state index is 11.8. The van der Waals surface area contributed by atoms with Gasteiger partial charge in [0, 0.05) is 13.1 Å². The lowest BCUT2D eigenvalue weighted by Crippen LogP contribution is -2.29. The van der Waals surface area contributed by atoms with Crippen LogP contribution in [0.4, 0.5) is 13.2 Å². The van der Waals surface area contributed by atoms with Gasteiger partial charge >= 0.3 is 6.18 Å². The van der Waals surface area contributed by atoms with E-state index in [1.165, 1.54) is 0 Å². The predicted octanol–water partition coefficient (Wildman–Crippen LogP) is 1.50. The third-order valence-corrected chi connectivity index (χ3v) is 2.87.